The molecule has 1 aliphatic carbocycles. The second-order valence-corrected chi connectivity index (χ2v) is 6.12. The van der Waals surface area contributed by atoms with Gasteiger partial charge in [0.1, 0.15) is 0 Å². The Hall–Kier alpha value is -0.570. The van der Waals surface area contributed by atoms with Gasteiger partial charge in [0.05, 0.1) is 0 Å². The minimum atomic E-state index is 0.308. The normalized spacial score (nSPS) is 19.8. The Morgan fingerprint density at radius 3 is 2.53 bits per heavy atom. The van der Waals surface area contributed by atoms with E-state index in [1.165, 1.54) is 31.2 Å². The summed E-state index contributed by atoms with van der Waals surface area (Å²) in [4.78, 5) is 2.41. The molecule has 0 radical (unpaired) electrons. The molecule has 0 aromatic heterocycles. The van der Waals surface area contributed by atoms with Crippen LogP contribution in [0.2, 0.25) is 5.02 Å². The lowest BCUT2D eigenvalue weighted by Gasteiger charge is -2.36. The number of nitrogens with zero attached hydrogens (tertiary/aromatic N) is 1. The topological polar surface area (TPSA) is 29.3 Å². The molecule has 19 heavy (non-hydrogen) atoms. The number of halogens is 1. The Kier molecular flexibility index (Phi) is 5.26. The number of benzene rings is 1. The van der Waals surface area contributed by atoms with Crippen LogP contribution in [0.4, 0.5) is 0 Å². The number of likely N-dealkylation sites (N-methyl/N-ethyl adjacent to an activating group) is 1. The standard InChI is InChI=1S/C16H25ClN2/c1-12(14-9-5-6-10-15(14)17)19(2)16(11-18)13-7-3-4-8-13/h5-6,9-10,12-13,16H,3-4,7-8,11,18H2,1-2H3. The quantitative estimate of drug-likeness (QED) is 0.888. The summed E-state index contributed by atoms with van der Waals surface area (Å²) < 4.78 is 0. The number of rotatable bonds is 5. The summed E-state index contributed by atoms with van der Waals surface area (Å²) in [5, 5.41) is 0.851. The van der Waals surface area contributed by atoms with E-state index >= 15 is 0 Å². The molecule has 1 aliphatic rings. The molecule has 2 N–H and O–H groups in total. The summed E-state index contributed by atoms with van der Waals surface area (Å²) in [5.41, 5.74) is 7.23. The average molecular weight is 281 g/mol. The van der Waals surface area contributed by atoms with Gasteiger partial charge in [-0.2, -0.15) is 0 Å². The van der Waals surface area contributed by atoms with E-state index in [0.717, 1.165) is 17.5 Å². The summed E-state index contributed by atoms with van der Waals surface area (Å²) >= 11 is 6.31. The zero-order valence-electron chi connectivity index (χ0n) is 12.0. The highest BCUT2D eigenvalue weighted by Gasteiger charge is 2.30. The van der Waals surface area contributed by atoms with Crippen molar-refractivity contribution >= 4 is 11.6 Å². The van der Waals surface area contributed by atoms with Gasteiger partial charge in [0, 0.05) is 23.7 Å². The maximum absolute atomic E-state index is 6.31. The highest BCUT2D eigenvalue weighted by Crippen LogP contribution is 2.34. The Labute approximate surface area is 121 Å². The van der Waals surface area contributed by atoms with E-state index in [1.807, 2.05) is 12.1 Å². The van der Waals surface area contributed by atoms with Crippen LogP contribution in [0.5, 0.6) is 0 Å². The fraction of sp³-hybridized carbons (Fsp3) is 0.625. The van der Waals surface area contributed by atoms with Crippen LogP contribution in [0.3, 0.4) is 0 Å². The van der Waals surface area contributed by atoms with Crippen molar-refractivity contribution in [3.8, 4) is 0 Å². The van der Waals surface area contributed by atoms with Crippen molar-refractivity contribution in [1.82, 2.24) is 4.90 Å². The molecule has 2 unspecified atom stereocenters. The molecule has 0 aliphatic heterocycles. The van der Waals surface area contributed by atoms with Gasteiger partial charge in [0.2, 0.25) is 0 Å². The number of hydrogen-bond acceptors (Lipinski definition) is 2. The maximum Gasteiger partial charge on any atom is 0.0453 e. The SMILES string of the molecule is CC(c1ccccc1Cl)N(C)C(CN)C1CCCC1. The first-order valence-electron chi connectivity index (χ1n) is 7.31. The van der Waals surface area contributed by atoms with E-state index in [1.54, 1.807) is 0 Å². The Balaban J connectivity index is 2.12. The van der Waals surface area contributed by atoms with Crippen molar-refractivity contribution < 1.29 is 0 Å². The number of nitrogens with two attached hydrogens (primary N) is 1. The van der Waals surface area contributed by atoms with Crippen LogP contribution in [0.1, 0.15) is 44.2 Å². The lowest BCUT2D eigenvalue weighted by atomic mass is 9.94. The third kappa shape index (κ3) is 3.31. The molecular formula is C16H25ClN2. The summed E-state index contributed by atoms with van der Waals surface area (Å²) in [6.07, 6.45) is 5.36. The zero-order chi connectivity index (χ0) is 13.8. The van der Waals surface area contributed by atoms with Crippen LogP contribution in [0.25, 0.3) is 0 Å². The number of hydrogen-bond donors (Lipinski definition) is 1. The highest BCUT2D eigenvalue weighted by atomic mass is 35.5. The summed E-state index contributed by atoms with van der Waals surface area (Å²) in [5.74, 6) is 0.750. The van der Waals surface area contributed by atoms with Crippen LogP contribution in [-0.4, -0.2) is 24.5 Å². The summed E-state index contributed by atoms with van der Waals surface area (Å²) in [6, 6.07) is 8.89. The minimum Gasteiger partial charge on any atom is -0.329 e. The molecule has 0 spiro atoms. The summed E-state index contributed by atoms with van der Waals surface area (Å²) in [7, 11) is 2.18. The van der Waals surface area contributed by atoms with Crippen molar-refractivity contribution in [2.45, 2.75) is 44.7 Å². The molecule has 1 aromatic rings. The van der Waals surface area contributed by atoms with Crippen molar-refractivity contribution in [2.75, 3.05) is 13.6 Å². The van der Waals surface area contributed by atoms with Crippen molar-refractivity contribution in [2.24, 2.45) is 11.7 Å². The fourth-order valence-electron chi connectivity index (χ4n) is 3.35. The molecule has 0 saturated heterocycles. The maximum atomic E-state index is 6.31. The van der Waals surface area contributed by atoms with Gasteiger partial charge in [-0.15, -0.1) is 0 Å². The van der Waals surface area contributed by atoms with E-state index in [9.17, 15) is 0 Å². The van der Waals surface area contributed by atoms with E-state index < -0.39 is 0 Å². The second kappa shape index (κ2) is 6.74. The molecule has 2 nitrogen and oxygen atoms in total. The van der Waals surface area contributed by atoms with Gasteiger partial charge >= 0.3 is 0 Å². The van der Waals surface area contributed by atoms with Gasteiger partial charge in [0.15, 0.2) is 0 Å². The van der Waals surface area contributed by atoms with E-state index in [-0.39, 0.29) is 0 Å². The average Bonchev–Trinajstić information content (AvgIpc) is 2.93. The predicted molar refractivity (Wildman–Crippen MR) is 82.4 cm³/mol. The van der Waals surface area contributed by atoms with Gasteiger partial charge in [-0.05, 0) is 44.4 Å². The highest BCUT2D eigenvalue weighted by molar-refractivity contribution is 6.31. The predicted octanol–water partition coefficient (Wildman–Crippen LogP) is 3.85. The smallest absolute Gasteiger partial charge is 0.0453 e. The Bertz CT molecular complexity index is 401. The first kappa shape index (κ1) is 14.8. The molecule has 2 rings (SSSR count). The molecule has 1 fully saturated rings. The van der Waals surface area contributed by atoms with E-state index in [0.29, 0.717) is 12.1 Å². The van der Waals surface area contributed by atoms with Gasteiger partial charge in [-0.25, -0.2) is 0 Å². The van der Waals surface area contributed by atoms with Gasteiger partial charge in [-0.1, -0.05) is 42.6 Å². The zero-order valence-corrected chi connectivity index (χ0v) is 12.7. The van der Waals surface area contributed by atoms with Crippen LogP contribution in [-0.2, 0) is 0 Å². The van der Waals surface area contributed by atoms with Crippen molar-refractivity contribution in [3.05, 3.63) is 34.9 Å². The van der Waals surface area contributed by atoms with Crippen LogP contribution in [0, 0.1) is 5.92 Å². The van der Waals surface area contributed by atoms with Crippen LogP contribution < -0.4 is 5.73 Å². The minimum absolute atomic E-state index is 0.308. The third-order valence-corrected chi connectivity index (χ3v) is 5.02. The third-order valence-electron chi connectivity index (χ3n) is 4.67. The second-order valence-electron chi connectivity index (χ2n) is 5.71. The molecule has 0 amide bonds. The monoisotopic (exact) mass is 280 g/mol. The molecular weight excluding hydrogens is 256 g/mol. The fourth-order valence-corrected chi connectivity index (χ4v) is 3.65. The lowest BCUT2D eigenvalue weighted by Crippen LogP contribution is -2.44. The molecule has 106 valence electrons. The summed E-state index contributed by atoms with van der Waals surface area (Å²) in [6.45, 7) is 2.95. The molecule has 3 heteroatoms. The molecule has 0 bridgehead atoms. The van der Waals surface area contributed by atoms with Crippen LogP contribution >= 0.6 is 11.6 Å². The van der Waals surface area contributed by atoms with Gasteiger partial charge < -0.3 is 5.73 Å². The van der Waals surface area contributed by atoms with Crippen LogP contribution in [0.15, 0.2) is 24.3 Å². The van der Waals surface area contributed by atoms with E-state index in [2.05, 4.69) is 31.0 Å². The molecule has 1 aromatic carbocycles. The molecule has 2 atom stereocenters. The molecule has 0 heterocycles. The first-order chi connectivity index (χ1) is 9.15. The van der Waals surface area contributed by atoms with Gasteiger partial charge in [0.25, 0.3) is 0 Å². The van der Waals surface area contributed by atoms with Crippen molar-refractivity contribution in [3.63, 3.8) is 0 Å². The van der Waals surface area contributed by atoms with E-state index in [4.69, 9.17) is 17.3 Å². The largest absolute Gasteiger partial charge is 0.329 e. The van der Waals surface area contributed by atoms with Gasteiger partial charge in [-0.3, -0.25) is 4.90 Å². The molecule has 1 saturated carbocycles. The van der Waals surface area contributed by atoms with Crippen molar-refractivity contribution in [1.29, 1.82) is 0 Å². The first-order valence-corrected chi connectivity index (χ1v) is 7.69. The Morgan fingerprint density at radius 2 is 1.95 bits per heavy atom. The Morgan fingerprint density at radius 1 is 1.32 bits per heavy atom. The lowest BCUT2D eigenvalue weighted by molar-refractivity contribution is 0.137.